The van der Waals surface area contributed by atoms with E-state index in [1.54, 1.807) is 6.92 Å². The van der Waals surface area contributed by atoms with Crippen LogP contribution in [0.3, 0.4) is 0 Å². The molecule has 0 amide bonds. The number of hydrogen-bond donors (Lipinski definition) is 4. The van der Waals surface area contributed by atoms with E-state index in [1.807, 2.05) is 13.8 Å². The van der Waals surface area contributed by atoms with Crippen molar-refractivity contribution in [1.82, 2.24) is 20.0 Å². The van der Waals surface area contributed by atoms with Crippen molar-refractivity contribution in [3.05, 3.63) is 0 Å². The highest BCUT2D eigenvalue weighted by Gasteiger charge is 2.08. The molecule has 0 aliphatic carbocycles. The SMILES string of the molecule is CC(N)CNCC(C)O.CC(O)CN(CCCN(C)C)CCCN(C)C. The summed E-state index contributed by atoms with van der Waals surface area (Å²) in [5.41, 5.74) is 5.43. The van der Waals surface area contributed by atoms with Crippen LogP contribution in [0.25, 0.3) is 0 Å². The van der Waals surface area contributed by atoms with Gasteiger partial charge in [0.1, 0.15) is 0 Å². The first-order valence-corrected chi connectivity index (χ1v) is 9.88. The van der Waals surface area contributed by atoms with Crippen LogP contribution in [0.15, 0.2) is 0 Å². The normalized spacial score (nSPS) is 15.1. The zero-order chi connectivity index (χ0) is 20.5. The lowest BCUT2D eigenvalue weighted by molar-refractivity contribution is 0.121. The molecule has 0 aliphatic heterocycles. The van der Waals surface area contributed by atoms with Crippen molar-refractivity contribution in [1.29, 1.82) is 0 Å². The fraction of sp³-hybridized carbons (Fsp3) is 1.00. The summed E-state index contributed by atoms with van der Waals surface area (Å²) >= 11 is 0. The molecule has 0 aliphatic rings. The lowest BCUT2D eigenvalue weighted by atomic mass is 10.2. The van der Waals surface area contributed by atoms with Crippen molar-refractivity contribution < 1.29 is 10.2 Å². The Kier molecular flexibility index (Phi) is 19.4. The fourth-order valence-electron chi connectivity index (χ4n) is 2.41. The predicted octanol–water partition coefficient (Wildman–Crippen LogP) is -0.123. The molecule has 0 aromatic rings. The summed E-state index contributed by atoms with van der Waals surface area (Å²) in [6, 6.07) is 0.170. The first-order chi connectivity index (χ1) is 12.0. The molecule has 0 saturated heterocycles. The Morgan fingerprint density at radius 2 is 1.23 bits per heavy atom. The molecule has 0 spiro atoms. The predicted molar refractivity (Wildman–Crippen MR) is 113 cm³/mol. The van der Waals surface area contributed by atoms with Crippen LogP contribution in [0.2, 0.25) is 0 Å². The third-order valence-corrected chi connectivity index (χ3v) is 3.59. The summed E-state index contributed by atoms with van der Waals surface area (Å²) in [6.45, 7) is 12.1. The number of aliphatic hydroxyl groups excluding tert-OH is 2. The van der Waals surface area contributed by atoms with Crippen LogP contribution in [0.4, 0.5) is 0 Å². The Morgan fingerprint density at radius 3 is 1.54 bits per heavy atom. The number of aliphatic hydroxyl groups is 2. The van der Waals surface area contributed by atoms with E-state index < -0.39 is 0 Å². The maximum atomic E-state index is 9.48. The Bertz CT molecular complexity index is 265. The van der Waals surface area contributed by atoms with E-state index in [-0.39, 0.29) is 18.2 Å². The summed E-state index contributed by atoms with van der Waals surface area (Å²) in [6.07, 6.45) is 1.83. The number of nitrogens with two attached hydrogens (primary N) is 1. The standard InChI is InChI=1S/C13H31N3O.C6H16N2O/c1-13(17)12-16(10-6-8-14(2)3)11-7-9-15(4)5;1-5(7)3-8-4-6(2)9/h13,17H,6-12H2,1-5H3;5-6,8-9H,3-4,7H2,1-2H3. The van der Waals surface area contributed by atoms with Crippen LogP contribution >= 0.6 is 0 Å². The number of nitrogens with zero attached hydrogens (tertiary/aromatic N) is 3. The minimum atomic E-state index is -0.274. The van der Waals surface area contributed by atoms with Crippen LogP contribution in [-0.4, -0.2) is 117 Å². The lowest BCUT2D eigenvalue weighted by Gasteiger charge is -2.25. The van der Waals surface area contributed by atoms with E-state index in [0.29, 0.717) is 6.54 Å². The number of rotatable bonds is 14. The largest absolute Gasteiger partial charge is 0.392 e. The lowest BCUT2D eigenvalue weighted by Crippen LogP contribution is -2.35. The van der Waals surface area contributed by atoms with Gasteiger partial charge in [0.2, 0.25) is 0 Å². The molecule has 0 aromatic carbocycles. The van der Waals surface area contributed by atoms with Crippen LogP contribution in [0.5, 0.6) is 0 Å². The van der Waals surface area contributed by atoms with Crippen LogP contribution < -0.4 is 11.1 Å². The van der Waals surface area contributed by atoms with Gasteiger partial charge in [0.15, 0.2) is 0 Å². The van der Waals surface area contributed by atoms with Crippen molar-refractivity contribution in [2.45, 2.75) is 51.9 Å². The Balaban J connectivity index is 0. The van der Waals surface area contributed by atoms with Gasteiger partial charge in [-0.3, -0.25) is 0 Å². The second-order valence-electron chi connectivity index (χ2n) is 7.95. The Hall–Kier alpha value is -0.280. The molecule has 0 saturated carbocycles. The van der Waals surface area contributed by atoms with Gasteiger partial charge in [-0.15, -0.1) is 0 Å². The molecule has 3 atom stereocenters. The van der Waals surface area contributed by atoms with Crippen molar-refractivity contribution in [3.8, 4) is 0 Å². The van der Waals surface area contributed by atoms with Crippen LogP contribution in [0.1, 0.15) is 33.6 Å². The molecule has 3 unspecified atom stereocenters. The first kappa shape index (κ1) is 27.9. The van der Waals surface area contributed by atoms with Crippen LogP contribution in [0, 0.1) is 0 Å². The van der Waals surface area contributed by atoms with Crippen LogP contribution in [-0.2, 0) is 0 Å². The maximum absolute atomic E-state index is 9.48. The number of nitrogens with one attached hydrogen (secondary N) is 1. The molecule has 160 valence electrons. The van der Waals surface area contributed by atoms with Crippen molar-refractivity contribution in [3.63, 3.8) is 0 Å². The van der Waals surface area contributed by atoms with Gasteiger partial charge in [-0.1, -0.05) is 0 Å². The minimum absolute atomic E-state index is 0.170. The average Bonchev–Trinajstić information content (AvgIpc) is 2.45. The highest BCUT2D eigenvalue weighted by Crippen LogP contribution is 1.98. The summed E-state index contributed by atoms with van der Waals surface area (Å²) in [4.78, 5) is 6.79. The molecule has 5 N–H and O–H groups in total. The molecular formula is C19H47N5O2. The minimum Gasteiger partial charge on any atom is -0.392 e. The molecule has 0 bridgehead atoms. The van der Waals surface area contributed by atoms with Gasteiger partial charge in [0.25, 0.3) is 0 Å². The van der Waals surface area contributed by atoms with E-state index in [4.69, 9.17) is 10.8 Å². The summed E-state index contributed by atoms with van der Waals surface area (Å²) < 4.78 is 0. The molecule has 0 radical (unpaired) electrons. The van der Waals surface area contributed by atoms with Gasteiger partial charge in [0, 0.05) is 25.7 Å². The zero-order valence-electron chi connectivity index (χ0n) is 18.4. The third kappa shape index (κ3) is 26.0. The second kappa shape index (κ2) is 18.1. The molecule has 0 rings (SSSR count). The maximum Gasteiger partial charge on any atom is 0.0639 e. The van der Waals surface area contributed by atoms with Crippen molar-refractivity contribution >= 4 is 0 Å². The summed E-state index contributed by atoms with van der Waals surface area (Å²) in [5, 5.41) is 21.2. The molecule has 7 nitrogen and oxygen atoms in total. The molecular weight excluding hydrogens is 330 g/mol. The van der Waals surface area contributed by atoms with Gasteiger partial charge in [-0.25, -0.2) is 0 Å². The average molecular weight is 378 g/mol. The topological polar surface area (TPSA) is 88.2 Å². The van der Waals surface area contributed by atoms with E-state index >= 15 is 0 Å². The first-order valence-electron chi connectivity index (χ1n) is 9.88. The van der Waals surface area contributed by atoms with Gasteiger partial charge in [-0.2, -0.15) is 0 Å². The third-order valence-electron chi connectivity index (χ3n) is 3.59. The van der Waals surface area contributed by atoms with Gasteiger partial charge >= 0.3 is 0 Å². The van der Waals surface area contributed by atoms with Gasteiger partial charge < -0.3 is 36.0 Å². The molecule has 0 fully saturated rings. The Morgan fingerprint density at radius 1 is 0.769 bits per heavy atom. The highest BCUT2D eigenvalue weighted by atomic mass is 16.3. The van der Waals surface area contributed by atoms with E-state index in [9.17, 15) is 5.11 Å². The number of hydrogen-bond acceptors (Lipinski definition) is 7. The second-order valence-corrected chi connectivity index (χ2v) is 7.95. The monoisotopic (exact) mass is 377 g/mol. The molecule has 26 heavy (non-hydrogen) atoms. The molecule has 7 heteroatoms. The highest BCUT2D eigenvalue weighted by molar-refractivity contribution is 4.63. The van der Waals surface area contributed by atoms with Crippen molar-refractivity contribution in [2.24, 2.45) is 5.73 Å². The Labute approximate surface area is 162 Å². The van der Waals surface area contributed by atoms with Gasteiger partial charge in [0.05, 0.1) is 12.2 Å². The van der Waals surface area contributed by atoms with E-state index in [1.165, 1.54) is 12.8 Å². The van der Waals surface area contributed by atoms with E-state index in [2.05, 4.69) is 48.2 Å². The quantitative estimate of drug-likeness (QED) is 0.336. The zero-order valence-corrected chi connectivity index (χ0v) is 18.4. The fourth-order valence-corrected chi connectivity index (χ4v) is 2.41. The van der Waals surface area contributed by atoms with Gasteiger partial charge in [-0.05, 0) is 88.0 Å². The summed E-state index contributed by atoms with van der Waals surface area (Å²) in [7, 11) is 8.41. The van der Waals surface area contributed by atoms with E-state index in [0.717, 1.165) is 39.3 Å². The summed E-state index contributed by atoms with van der Waals surface area (Å²) in [5.74, 6) is 0. The van der Waals surface area contributed by atoms with Crippen molar-refractivity contribution in [2.75, 3.05) is 74.0 Å². The smallest absolute Gasteiger partial charge is 0.0639 e. The molecule has 0 heterocycles. The molecule has 0 aromatic heterocycles.